The number of carboxylic acid groups (broad SMARTS) is 2. The predicted octanol–water partition coefficient (Wildman–Crippen LogP) is 17.3. The lowest BCUT2D eigenvalue weighted by atomic mass is 9.98. The van der Waals surface area contributed by atoms with Crippen molar-refractivity contribution < 1.29 is 29.3 Å². The number of carbonyl (C=O) groups is 2. The van der Waals surface area contributed by atoms with E-state index in [4.69, 9.17) is 19.4 Å². The van der Waals surface area contributed by atoms with E-state index < -0.39 is 11.9 Å². The van der Waals surface area contributed by atoms with Crippen LogP contribution in [0, 0.1) is 13.8 Å². The Morgan fingerprint density at radius 1 is 0.471 bits per heavy atom. The van der Waals surface area contributed by atoms with E-state index >= 15 is 0 Å². The summed E-state index contributed by atoms with van der Waals surface area (Å²) in [6, 6.07) is 8.30. The first-order valence-corrected chi connectivity index (χ1v) is 27.7. The van der Waals surface area contributed by atoms with Crippen molar-refractivity contribution in [1.82, 2.24) is 19.9 Å². The molecule has 0 spiro atoms. The number of carboxylic acids is 2. The largest absolute Gasteiger partial charge is 0.481 e. The Balaban J connectivity index is 1.51. The molecule has 0 aliphatic carbocycles. The van der Waals surface area contributed by atoms with Crippen molar-refractivity contribution in [1.29, 1.82) is 0 Å². The number of aryl methyl sites for hydroxylation is 2. The van der Waals surface area contributed by atoms with E-state index in [1.54, 1.807) is 0 Å². The smallest absolute Gasteiger partial charge is 0.303 e. The van der Waals surface area contributed by atoms with Crippen molar-refractivity contribution in [3.8, 4) is 0 Å². The summed E-state index contributed by atoms with van der Waals surface area (Å²) in [5.74, 6) is -1.76. The van der Waals surface area contributed by atoms with Crippen LogP contribution in [0.1, 0.15) is 266 Å². The first kappa shape index (κ1) is 56.4. The molecule has 386 valence electrons. The second-order valence-corrected chi connectivity index (χ2v) is 20.4. The number of ether oxygens (including phenoxy) is 2. The zero-order valence-electron chi connectivity index (χ0n) is 44.7. The van der Waals surface area contributed by atoms with E-state index in [9.17, 15) is 19.8 Å². The molecule has 0 amide bonds. The third-order valence-corrected chi connectivity index (χ3v) is 14.9. The number of H-pyrrole nitrogens is 2. The SMILES string of the molecule is CCCCCCCCCCCCCOC(C)c1c(C)c2cc3[nH]c(cc4nc(cc5nc(cc1[nH]2)C(C)=C5CCC(=O)O)C(CCC(=O)O)=C4C)c(C)c3C(C)OCCCCCCCCCCCCC. The third kappa shape index (κ3) is 16.8. The summed E-state index contributed by atoms with van der Waals surface area (Å²) in [6.07, 6.45) is 28.4. The van der Waals surface area contributed by atoms with Gasteiger partial charge in [-0.25, -0.2) is 9.97 Å². The molecule has 2 atom stereocenters. The highest BCUT2D eigenvalue weighted by atomic mass is 16.5. The van der Waals surface area contributed by atoms with Crippen LogP contribution in [0.15, 0.2) is 24.3 Å². The molecule has 0 aromatic carbocycles. The maximum absolute atomic E-state index is 11.9. The van der Waals surface area contributed by atoms with Gasteiger partial charge in [-0.2, -0.15) is 0 Å². The van der Waals surface area contributed by atoms with Gasteiger partial charge >= 0.3 is 11.9 Å². The zero-order chi connectivity index (χ0) is 50.4. The summed E-state index contributed by atoms with van der Waals surface area (Å²) in [5.41, 5.74) is 14.4. The van der Waals surface area contributed by atoms with Gasteiger partial charge in [0, 0.05) is 59.2 Å². The van der Waals surface area contributed by atoms with E-state index in [1.165, 1.54) is 122 Å². The van der Waals surface area contributed by atoms with Gasteiger partial charge in [-0.05, 0) is 125 Å². The number of fused-ring (bicyclic) bond motifs is 8. The van der Waals surface area contributed by atoms with Gasteiger partial charge in [0.15, 0.2) is 0 Å². The van der Waals surface area contributed by atoms with Gasteiger partial charge in [-0.1, -0.05) is 142 Å². The first-order chi connectivity index (χ1) is 33.8. The molecule has 5 heterocycles. The molecular formula is C60H90N4O6. The summed E-state index contributed by atoms with van der Waals surface area (Å²) in [4.78, 5) is 41.8. The lowest BCUT2D eigenvalue weighted by molar-refractivity contribution is -0.137. The molecule has 3 aromatic heterocycles. The fraction of sp³-hybridized carbons (Fsp3) is 0.633. The molecule has 70 heavy (non-hydrogen) atoms. The molecule has 0 saturated carbocycles. The molecule has 10 nitrogen and oxygen atoms in total. The van der Waals surface area contributed by atoms with Gasteiger partial charge < -0.3 is 29.7 Å². The second kappa shape index (κ2) is 29.7. The summed E-state index contributed by atoms with van der Waals surface area (Å²) in [7, 11) is 0. The van der Waals surface area contributed by atoms with Crippen molar-refractivity contribution in [2.75, 3.05) is 13.2 Å². The van der Waals surface area contributed by atoms with E-state index in [1.807, 2.05) is 19.9 Å². The fourth-order valence-corrected chi connectivity index (χ4v) is 10.5. The van der Waals surface area contributed by atoms with E-state index in [0.717, 1.165) is 97.3 Å². The molecule has 0 radical (unpaired) electrons. The van der Waals surface area contributed by atoms with Crippen LogP contribution in [0.2, 0.25) is 0 Å². The van der Waals surface area contributed by atoms with E-state index in [-0.39, 0.29) is 25.0 Å². The van der Waals surface area contributed by atoms with Crippen LogP contribution in [0.5, 0.6) is 0 Å². The molecule has 8 bridgehead atoms. The van der Waals surface area contributed by atoms with Crippen LogP contribution in [0.25, 0.3) is 44.4 Å². The highest BCUT2D eigenvalue weighted by Gasteiger charge is 2.24. The van der Waals surface area contributed by atoms with Crippen LogP contribution >= 0.6 is 0 Å². The molecule has 3 aromatic rings. The summed E-state index contributed by atoms with van der Waals surface area (Å²) in [5, 5.41) is 19.6. The van der Waals surface area contributed by atoms with Crippen LogP contribution in [-0.2, 0) is 19.1 Å². The molecule has 2 aliphatic heterocycles. The van der Waals surface area contributed by atoms with E-state index in [0.29, 0.717) is 37.4 Å². The van der Waals surface area contributed by atoms with E-state index in [2.05, 4.69) is 69.7 Å². The minimum Gasteiger partial charge on any atom is -0.481 e. The topological polar surface area (TPSA) is 150 Å². The third-order valence-electron chi connectivity index (χ3n) is 14.9. The number of rotatable bonds is 34. The average molecular weight is 963 g/mol. The van der Waals surface area contributed by atoms with Gasteiger partial charge in [0.05, 0.1) is 35.0 Å². The Hall–Kier alpha value is -4.54. The molecule has 4 N–H and O–H groups in total. The number of aromatic amines is 2. The summed E-state index contributed by atoms with van der Waals surface area (Å²) < 4.78 is 13.3. The molecule has 0 fully saturated rings. The van der Waals surface area contributed by atoms with Gasteiger partial charge in [0.1, 0.15) is 0 Å². The number of nitrogens with zero attached hydrogens (tertiary/aromatic N) is 2. The lowest BCUT2D eigenvalue weighted by Crippen LogP contribution is -2.03. The molecule has 2 aliphatic rings. The minimum atomic E-state index is -0.878. The van der Waals surface area contributed by atoms with Crippen LogP contribution in [0.3, 0.4) is 0 Å². The predicted molar refractivity (Wildman–Crippen MR) is 291 cm³/mol. The molecule has 10 heteroatoms. The Bertz CT molecular complexity index is 2390. The maximum atomic E-state index is 11.9. The van der Waals surface area contributed by atoms with Crippen molar-refractivity contribution >= 4 is 56.3 Å². The average Bonchev–Trinajstić information content (AvgIpc) is 4.00. The fourth-order valence-electron chi connectivity index (χ4n) is 10.5. The van der Waals surface area contributed by atoms with Crippen molar-refractivity contribution in [3.63, 3.8) is 0 Å². The van der Waals surface area contributed by atoms with Crippen LogP contribution in [-0.4, -0.2) is 55.3 Å². The van der Waals surface area contributed by atoms with Crippen molar-refractivity contribution in [3.05, 3.63) is 69.3 Å². The molecular weight excluding hydrogens is 873 g/mol. The molecule has 2 unspecified atom stereocenters. The number of aromatic nitrogens is 4. The number of hydrogen-bond acceptors (Lipinski definition) is 6. The Morgan fingerprint density at radius 2 is 0.800 bits per heavy atom. The number of aliphatic carboxylic acids is 2. The van der Waals surface area contributed by atoms with Gasteiger partial charge in [0.25, 0.3) is 0 Å². The first-order valence-electron chi connectivity index (χ1n) is 27.7. The maximum Gasteiger partial charge on any atom is 0.303 e. The summed E-state index contributed by atoms with van der Waals surface area (Å²) in [6.45, 7) is 18.5. The van der Waals surface area contributed by atoms with Crippen molar-refractivity contribution in [2.45, 2.75) is 235 Å². The Morgan fingerprint density at radius 3 is 1.17 bits per heavy atom. The monoisotopic (exact) mass is 963 g/mol. The summed E-state index contributed by atoms with van der Waals surface area (Å²) >= 11 is 0. The van der Waals surface area contributed by atoms with Gasteiger partial charge in [-0.15, -0.1) is 0 Å². The van der Waals surface area contributed by atoms with Crippen LogP contribution in [0.4, 0.5) is 0 Å². The number of hydrogen-bond donors (Lipinski definition) is 4. The highest BCUT2D eigenvalue weighted by Crippen LogP contribution is 2.39. The second-order valence-electron chi connectivity index (χ2n) is 20.4. The standard InChI is InChI=1S/C60H90N4O6/c1-9-11-13-15-17-19-21-23-25-27-29-35-69-45(7)59-43(5)51-37-49-41(3)47(31-33-57(65)66)53(61-49)40-54-48(32-34-58(67)68)42(4)50(62-54)38-55-60(44(6)52(64-55)39-56(59)63-51)46(8)70-36-30-28-26-24-22-20-18-16-14-12-10-2/h37-40,45-46,63-64H,9-36H2,1-8H3,(H,65,66)(H,67,68). The molecule has 0 saturated heterocycles. The minimum absolute atomic E-state index is 0.0412. The molecule has 5 rings (SSSR count). The van der Waals surface area contributed by atoms with Gasteiger partial charge in [-0.3, -0.25) is 9.59 Å². The Labute approximate surface area is 421 Å². The lowest BCUT2D eigenvalue weighted by Gasteiger charge is -2.14. The number of nitrogens with one attached hydrogen (secondary N) is 2. The zero-order valence-corrected chi connectivity index (χ0v) is 44.7. The van der Waals surface area contributed by atoms with Gasteiger partial charge in [0.2, 0.25) is 0 Å². The number of unbranched alkanes of at least 4 members (excludes halogenated alkanes) is 20. The normalized spacial score (nSPS) is 13.7. The quantitative estimate of drug-likeness (QED) is 0.0432. The van der Waals surface area contributed by atoms with Crippen molar-refractivity contribution in [2.24, 2.45) is 0 Å². The number of allylic oxidation sites excluding steroid dienone is 4. The van der Waals surface area contributed by atoms with Crippen LogP contribution < -0.4 is 0 Å². The Kier molecular flexibility index (Phi) is 23.9. The highest BCUT2D eigenvalue weighted by molar-refractivity contribution is 5.96.